The van der Waals surface area contributed by atoms with Crippen LogP contribution in [0.25, 0.3) is 0 Å². The van der Waals surface area contributed by atoms with E-state index in [1.54, 1.807) is 0 Å². The number of carbonyl (C=O) groups is 1. The van der Waals surface area contributed by atoms with Crippen LogP contribution in [0.1, 0.15) is 5.56 Å². The van der Waals surface area contributed by atoms with Crippen LogP contribution in [0.5, 0.6) is 0 Å². The summed E-state index contributed by atoms with van der Waals surface area (Å²) < 4.78 is 0. The summed E-state index contributed by atoms with van der Waals surface area (Å²) in [6, 6.07) is 5.65. The van der Waals surface area contributed by atoms with Gasteiger partial charge < -0.3 is 15.5 Å². The normalized spacial score (nSPS) is 13.5. The lowest BCUT2D eigenvalue weighted by atomic mass is 10.1. The topological polar surface area (TPSA) is 118 Å². The van der Waals surface area contributed by atoms with Gasteiger partial charge >= 0.3 is 5.97 Å². The highest BCUT2D eigenvalue weighted by Crippen LogP contribution is 2.06. The maximum absolute atomic E-state index is 10.5. The van der Waals surface area contributed by atoms with Crippen LogP contribution in [0.3, 0.4) is 0 Å². The third-order valence-electron chi connectivity index (χ3n) is 1.94. The van der Waals surface area contributed by atoms with Crippen molar-refractivity contribution >= 4 is 17.4 Å². The number of nitrogens with zero attached hydrogens (tertiary/aromatic N) is 1. The molecule has 1 unspecified atom stereocenters. The minimum Gasteiger partial charge on any atom is -0.595 e. The van der Waals surface area contributed by atoms with E-state index in [4.69, 9.17) is 15.5 Å². The fourth-order valence-electron chi connectivity index (χ4n) is 1.11. The van der Waals surface area contributed by atoms with Crippen LogP contribution in [-0.2, 0) is 11.2 Å². The number of quaternary nitrogens is 1. The summed E-state index contributed by atoms with van der Waals surface area (Å²) in [5, 5.41) is 37.8. The predicted octanol–water partition coefficient (Wildman–Crippen LogP) is -0.453. The molecule has 0 saturated carbocycles. The van der Waals surface area contributed by atoms with E-state index in [0.29, 0.717) is 5.56 Å². The maximum Gasteiger partial charge on any atom is 0.354 e. The number of benzene rings is 1. The molecule has 0 aliphatic rings. The summed E-state index contributed by atoms with van der Waals surface area (Å²) in [7, 11) is 0. The van der Waals surface area contributed by atoms with Crippen LogP contribution >= 0.6 is 0 Å². The minimum atomic E-state index is -1.31. The van der Waals surface area contributed by atoms with Crippen molar-refractivity contribution in [1.82, 2.24) is 0 Å². The van der Waals surface area contributed by atoms with Gasteiger partial charge in [0.25, 0.3) is 0 Å². The van der Waals surface area contributed by atoms with E-state index < -0.39 is 16.9 Å². The number of carboxylic acids is 1. The lowest BCUT2D eigenvalue weighted by molar-refractivity contribution is -0.991. The van der Waals surface area contributed by atoms with Crippen LogP contribution in [-0.4, -0.2) is 27.2 Å². The Balaban J connectivity index is 2.79. The number of carboxylic acid groups (broad SMARTS) is 1. The zero-order valence-electron chi connectivity index (χ0n) is 8.12. The van der Waals surface area contributed by atoms with Crippen molar-refractivity contribution < 1.29 is 25.5 Å². The highest BCUT2D eigenvalue weighted by atomic mass is 16.8. The predicted molar refractivity (Wildman–Crippen MR) is 52.8 cm³/mol. The van der Waals surface area contributed by atoms with Gasteiger partial charge in [-0.1, -0.05) is 17.3 Å². The Labute approximate surface area is 90.4 Å². The van der Waals surface area contributed by atoms with Crippen molar-refractivity contribution in [1.29, 1.82) is 0 Å². The largest absolute Gasteiger partial charge is 0.595 e. The van der Waals surface area contributed by atoms with Crippen molar-refractivity contribution in [2.45, 2.75) is 6.42 Å². The average Bonchev–Trinajstić information content (AvgIpc) is 2.26. The van der Waals surface area contributed by atoms with E-state index in [9.17, 15) is 10.0 Å². The second kappa shape index (κ2) is 5.21. The van der Waals surface area contributed by atoms with Gasteiger partial charge in [0.05, 0.1) is 0 Å². The van der Waals surface area contributed by atoms with Crippen LogP contribution in [0.4, 0.5) is 5.69 Å². The Bertz CT molecular complexity index is 399. The number of hydrogen-bond donors (Lipinski definition) is 4. The van der Waals surface area contributed by atoms with Gasteiger partial charge in [0.2, 0.25) is 0 Å². The molecule has 0 saturated heterocycles. The molecule has 0 aromatic heterocycles. The highest BCUT2D eigenvalue weighted by molar-refractivity contribution is 6.35. The standard InChI is InChI=1S/C9H10N2O5/c12-9(13)8(10-14)5-6-1-3-7(4-2-6)11(15)16/h1-4,11,14-15H,5H2,(H,12,13)/b10-8+. The van der Waals surface area contributed by atoms with Gasteiger partial charge in [-0.2, -0.15) is 5.23 Å². The van der Waals surface area contributed by atoms with E-state index in [1.165, 1.54) is 24.3 Å². The van der Waals surface area contributed by atoms with Crippen LogP contribution < -0.4 is 5.23 Å². The van der Waals surface area contributed by atoms with Gasteiger partial charge in [-0.25, -0.2) is 10.0 Å². The molecule has 86 valence electrons. The van der Waals surface area contributed by atoms with Crippen LogP contribution in [0, 0.1) is 5.21 Å². The molecule has 1 rings (SSSR count). The van der Waals surface area contributed by atoms with Crippen molar-refractivity contribution in [3.8, 4) is 0 Å². The van der Waals surface area contributed by atoms with Gasteiger partial charge in [-0.3, -0.25) is 0 Å². The van der Waals surface area contributed by atoms with Gasteiger partial charge in [0.1, 0.15) is 0 Å². The minimum absolute atomic E-state index is 0.0638. The summed E-state index contributed by atoms with van der Waals surface area (Å²) in [5.41, 5.74) is 0.268. The van der Waals surface area contributed by atoms with Crippen molar-refractivity contribution in [3.05, 3.63) is 35.0 Å². The number of hydrogen-bond acceptors (Lipinski definition) is 5. The third-order valence-corrected chi connectivity index (χ3v) is 1.94. The lowest BCUT2D eigenvalue weighted by Gasteiger charge is -2.11. The van der Waals surface area contributed by atoms with Gasteiger partial charge in [-0.05, 0) is 5.56 Å². The molecule has 0 aliphatic carbocycles. The molecule has 0 amide bonds. The molecule has 0 heterocycles. The Morgan fingerprint density at radius 1 is 1.38 bits per heavy atom. The third kappa shape index (κ3) is 3.02. The Morgan fingerprint density at radius 3 is 2.31 bits per heavy atom. The SMILES string of the molecule is O=C(O)/C(Cc1ccc([NH+]([O-])O)cc1)=N/O. The number of nitrogens with one attached hydrogen (secondary N) is 1. The number of aliphatic carboxylic acids is 1. The number of rotatable bonds is 4. The van der Waals surface area contributed by atoms with Crippen LogP contribution in [0.15, 0.2) is 29.4 Å². The first-order valence-corrected chi connectivity index (χ1v) is 4.31. The second-order valence-electron chi connectivity index (χ2n) is 3.03. The molecule has 1 atom stereocenters. The molecule has 16 heavy (non-hydrogen) atoms. The molecule has 0 fully saturated rings. The zero-order chi connectivity index (χ0) is 12.1. The summed E-state index contributed by atoms with van der Waals surface area (Å²) in [6.07, 6.45) is -0.0638. The second-order valence-corrected chi connectivity index (χ2v) is 3.03. The Kier molecular flexibility index (Phi) is 3.95. The lowest BCUT2D eigenvalue weighted by Crippen LogP contribution is -2.99. The highest BCUT2D eigenvalue weighted by Gasteiger charge is 2.11. The van der Waals surface area contributed by atoms with E-state index in [1.807, 2.05) is 0 Å². The van der Waals surface area contributed by atoms with Crippen molar-refractivity contribution in [2.24, 2.45) is 5.16 Å². The summed E-state index contributed by atoms with van der Waals surface area (Å²) >= 11 is 0. The first-order chi connectivity index (χ1) is 7.54. The van der Waals surface area contributed by atoms with Gasteiger partial charge in [-0.15, -0.1) is 0 Å². The molecule has 0 radical (unpaired) electrons. The molecule has 0 bridgehead atoms. The summed E-state index contributed by atoms with van der Waals surface area (Å²) in [4.78, 5) is 10.5. The Hall–Kier alpha value is -1.96. The van der Waals surface area contributed by atoms with Gasteiger partial charge in [0.15, 0.2) is 11.4 Å². The molecule has 7 nitrogen and oxygen atoms in total. The molecular formula is C9H10N2O5. The first-order valence-electron chi connectivity index (χ1n) is 4.31. The van der Waals surface area contributed by atoms with E-state index in [-0.39, 0.29) is 12.1 Å². The first kappa shape index (κ1) is 12.1. The smallest absolute Gasteiger partial charge is 0.354 e. The van der Waals surface area contributed by atoms with E-state index in [0.717, 1.165) is 0 Å². The quantitative estimate of drug-likeness (QED) is 0.315. The summed E-state index contributed by atoms with van der Waals surface area (Å²) in [6.45, 7) is 0. The van der Waals surface area contributed by atoms with Crippen LogP contribution in [0.2, 0.25) is 0 Å². The molecule has 0 aliphatic heterocycles. The summed E-state index contributed by atoms with van der Waals surface area (Å²) in [5.74, 6) is -1.31. The molecule has 1 aromatic rings. The van der Waals surface area contributed by atoms with Gasteiger partial charge in [0, 0.05) is 18.6 Å². The van der Waals surface area contributed by atoms with Crippen molar-refractivity contribution in [2.75, 3.05) is 0 Å². The molecule has 1 aromatic carbocycles. The maximum atomic E-state index is 10.5. The molecule has 4 N–H and O–H groups in total. The average molecular weight is 226 g/mol. The van der Waals surface area contributed by atoms with Crippen molar-refractivity contribution in [3.63, 3.8) is 0 Å². The number of oxime groups is 1. The van der Waals surface area contributed by atoms with E-state index in [2.05, 4.69) is 5.16 Å². The monoisotopic (exact) mass is 226 g/mol. The molecule has 0 spiro atoms. The fourth-order valence-corrected chi connectivity index (χ4v) is 1.11. The fraction of sp³-hybridized carbons (Fsp3) is 0.111. The Morgan fingerprint density at radius 2 is 1.94 bits per heavy atom. The molecular weight excluding hydrogens is 216 g/mol. The zero-order valence-corrected chi connectivity index (χ0v) is 8.12. The molecule has 7 heteroatoms. The van der Waals surface area contributed by atoms with E-state index >= 15 is 0 Å².